The van der Waals surface area contributed by atoms with Crippen LogP contribution in [0.25, 0.3) is 6.08 Å². The summed E-state index contributed by atoms with van der Waals surface area (Å²) in [6.45, 7) is 0.715. The molecule has 0 aliphatic rings. The number of anilines is 1. The number of benzene rings is 3. The van der Waals surface area contributed by atoms with Crippen molar-refractivity contribution in [3.8, 4) is 0 Å². The third-order valence-corrected chi connectivity index (χ3v) is 5.75. The number of nitrogens with zero attached hydrogens (tertiary/aromatic N) is 3. The number of ether oxygens (including phenoxy) is 1. The Morgan fingerprint density at radius 3 is 2.06 bits per heavy atom. The third-order valence-electron chi connectivity index (χ3n) is 4.65. The number of hydrogen-bond donors (Lipinski definition) is 0. The Hall–Kier alpha value is -2.53. The number of carbonyl (C=O) groups excluding carboxylic acids is 1. The van der Waals surface area contributed by atoms with E-state index in [9.17, 15) is 17.8 Å². The van der Waals surface area contributed by atoms with E-state index in [0.717, 1.165) is 11.3 Å². The number of rotatable bonds is 9. The van der Waals surface area contributed by atoms with Gasteiger partial charge in [0.2, 0.25) is 0 Å². The average molecular weight is 522 g/mol. The van der Waals surface area contributed by atoms with Crippen molar-refractivity contribution in [3.63, 3.8) is 0 Å². The molecule has 0 amide bonds. The molecule has 176 valence electrons. The van der Waals surface area contributed by atoms with E-state index < -0.39 is 16.1 Å². The second kappa shape index (κ2) is 13.5. The van der Waals surface area contributed by atoms with E-state index in [1.54, 1.807) is 42.5 Å². The summed E-state index contributed by atoms with van der Waals surface area (Å²) in [6, 6.07) is 19.5. The van der Waals surface area contributed by atoms with E-state index in [4.69, 9.17) is 16.3 Å². The number of halogens is 1. The summed E-state index contributed by atoms with van der Waals surface area (Å²) in [5, 5.41) is 8.76. The number of likely N-dealkylation sites (N-methyl/N-ethyl adjacent to an activating group) is 1. The van der Waals surface area contributed by atoms with Crippen molar-refractivity contribution in [3.05, 3.63) is 89.5 Å². The van der Waals surface area contributed by atoms with Crippen molar-refractivity contribution in [2.45, 2.75) is 4.90 Å². The van der Waals surface area contributed by atoms with Gasteiger partial charge < -0.3 is 14.2 Å². The minimum absolute atomic E-state index is 0. The molecule has 0 bridgehead atoms. The molecule has 0 fully saturated rings. The molecule has 3 aromatic rings. The van der Waals surface area contributed by atoms with Crippen molar-refractivity contribution in [1.82, 2.24) is 0 Å². The smallest absolute Gasteiger partial charge is 0.744 e. The molecule has 0 aliphatic carbocycles. The van der Waals surface area contributed by atoms with Crippen LogP contribution < -0.4 is 34.5 Å². The van der Waals surface area contributed by atoms with E-state index in [1.165, 1.54) is 30.3 Å². The first-order valence-electron chi connectivity index (χ1n) is 10.1. The molecule has 0 atom stereocenters. The Morgan fingerprint density at radius 2 is 1.51 bits per heavy atom. The van der Waals surface area contributed by atoms with Gasteiger partial charge in [-0.05, 0) is 72.3 Å². The zero-order valence-corrected chi connectivity index (χ0v) is 22.7. The fourth-order valence-electron chi connectivity index (χ4n) is 2.77. The SMILES string of the molecule is CN(CCOC(=O)/C=C/c1ccc(Cl)cc1)c1ccc(N=Nc2ccc(S(=O)(=O)[O-])cc2)cc1.[Na+]. The van der Waals surface area contributed by atoms with Gasteiger partial charge in [-0.15, -0.1) is 0 Å². The molecule has 0 saturated carbocycles. The first-order chi connectivity index (χ1) is 16.2. The molecule has 0 radical (unpaired) electrons. The van der Waals surface area contributed by atoms with Crippen LogP contribution >= 0.6 is 11.6 Å². The van der Waals surface area contributed by atoms with Gasteiger partial charge in [0.1, 0.15) is 16.7 Å². The van der Waals surface area contributed by atoms with Gasteiger partial charge in [0.15, 0.2) is 0 Å². The van der Waals surface area contributed by atoms with Gasteiger partial charge in [0, 0.05) is 23.8 Å². The van der Waals surface area contributed by atoms with Crippen molar-refractivity contribution >= 4 is 50.8 Å². The molecule has 3 aromatic carbocycles. The summed E-state index contributed by atoms with van der Waals surface area (Å²) in [5.41, 5.74) is 2.76. The maximum absolute atomic E-state index is 11.9. The van der Waals surface area contributed by atoms with Crippen LogP contribution in [0.2, 0.25) is 5.02 Å². The molecule has 0 saturated heterocycles. The van der Waals surface area contributed by atoms with Crippen LogP contribution in [-0.4, -0.2) is 39.1 Å². The fourth-order valence-corrected chi connectivity index (χ4v) is 3.36. The quantitative estimate of drug-likeness (QED) is 0.140. The number of azo groups is 1. The Balaban J connectivity index is 0.00000432. The molecule has 8 nitrogen and oxygen atoms in total. The number of carbonyl (C=O) groups is 1. The number of esters is 1. The topological polar surface area (TPSA) is 111 Å². The predicted molar refractivity (Wildman–Crippen MR) is 130 cm³/mol. The molecule has 0 unspecified atom stereocenters. The van der Waals surface area contributed by atoms with Gasteiger partial charge in [-0.2, -0.15) is 10.2 Å². The average Bonchev–Trinajstić information content (AvgIpc) is 2.82. The number of hydrogen-bond acceptors (Lipinski definition) is 8. The van der Waals surface area contributed by atoms with Gasteiger partial charge in [-0.25, -0.2) is 13.2 Å². The molecule has 0 aliphatic heterocycles. The van der Waals surface area contributed by atoms with Crippen LogP contribution in [0.15, 0.2) is 94.0 Å². The van der Waals surface area contributed by atoms with Crippen molar-refractivity contribution < 1.29 is 52.1 Å². The normalized spacial score (nSPS) is 11.4. The summed E-state index contributed by atoms with van der Waals surface area (Å²) in [6.07, 6.45) is 3.03. The van der Waals surface area contributed by atoms with Crippen LogP contribution in [0.5, 0.6) is 0 Å². The Labute approximate surface area is 231 Å². The fraction of sp³-hybridized carbons (Fsp3) is 0.125. The first-order valence-corrected chi connectivity index (χ1v) is 11.9. The van der Waals surface area contributed by atoms with E-state index >= 15 is 0 Å². The van der Waals surface area contributed by atoms with Crippen molar-refractivity contribution in [1.29, 1.82) is 0 Å². The van der Waals surface area contributed by atoms with E-state index in [0.29, 0.717) is 22.9 Å². The summed E-state index contributed by atoms with van der Waals surface area (Å²) in [4.78, 5) is 13.5. The third kappa shape index (κ3) is 9.56. The monoisotopic (exact) mass is 521 g/mol. The van der Waals surface area contributed by atoms with Gasteiger partial charge in [0.25, 0.3) is 0 Å². The van der Waals surface area contributed by atoms with E-state index in [2.05, 4.69) is 10.2 Å². The van der Waals surface area contributed by atoms with Gasteiger partial charge in [0.05, 0.1) is 22.8 Å². The minimum Gasteiger partial charge on any atom is -0.744 e. The summed E-state index contributed by atoms with van der Waals surface area (Å²) in [5.74, 6) is -0.431. The van der Waals surface area contributed by atoms with Crippen molar-refractivity contribution in [2.75, 3.05) is 25.1 Å². The second-order valence-corrected chi connectivity index (χ2v) is 8.95. The van der Waals surface area contributed by atoms with E-state index in [1.807, 2.05) is 24.1 Å². The molecule has 11 heteroatoms. The zero-order chi connectivity index (χ0) is 24.6. The van der Waals surface area contributed by atoms with Crippen LogP contribution in [0, 0.1) is 0 Å². The Kier molecular flexibility index (Phi) is 11.1. The molecule has 0 spiro atoms. The maximum atomic E-state index is 11.9. The molecular formula is C24H21ClN3NaO5S. The van der Waals surface area contributed by atoms with Gasteiger partial charge >= 0.3 is 35.5 Å². The van der Waals surface area contributed by atoms with Gasteiger partial charge in [-0.1, -0.05) is 23.7 Å². The molecule has 35 heavy (non-hydrogen) atoms. The van der Waals surface area contributed by atoms with Gasteiger partial charge in [-0.3, -0.25) is 0 Å². The second-order valence-electron chi connectivity index (χ2n) is 7.14. The zero-order valence-electron chi connectivity index (χ0n) is 19.2. The predicted octanol–water partition coefficient (Wildman–Crippen LogP) is 2.36. The molecule has 0 N–H and O–H groups in total. The van der Waals surface area contributed by atoms with Crippen LogP contribution in [0.1, 0.15) is 5.56 Å². The Bertz CT molecular complexity index is 1280. The summed E-state index contributed by atoms with van der Waals surface area (Å²) in [7, 11) is -2.61. The minimum atomic E-state index is -4.49. The molecular weight excluding hydrogens is 501 g/mol. The maximum Gasteiger partial charge on any atom is 1.00 e. The first kappa shape index (κ1) is 28.7. The Morgan fingerprint density at radius 1 is 0.971 bits per heavy atom. The van der Waals surface area contributed by atoms with Crippen LogP contribution in [0.4, 0.5) is 17.1 Å². The summed E-state index contributed by atoms with van der Waals surface area (Å²) >= 11 is 5.83. The standard InChI is InChI=1S/C24H22ClN3O5S.Na/c1-28(16-17-33-24(29)15-4-18-2-5-19(25)6-3-18)22-11-7-20(8-12-22)26-27-21-9-13-23(14-10-21)34(30,31)32;/h2-15H,16-17H2,1H3,(H,30,31,32);/q;+1/p-1/b15-4+,27-26?;. The molecule has 0 heterocycles. The van der Waals surface area contributed by atoms with Crippen LogP contribution in [0.3, 0.4) is 0 Å². The van der Waals surface area contributed by atoms with Crippen LogP contribution in [-0.2, 0) is 19.6 Å². The van der Waals surface area contributed by atoms with Crippen molar-refractivity contribution in [2.24, 2.45) is 10.2 Å². The molecule has 0 aromatic heterocycles. The molecule has 3 rings (SSSR count). The largest absolute Gasteiger partial charge is 1.00 e. The van der Waals surface area contributed by atoms with E-state index in [-0.39, 0.29) is 41.1 Å². The summed E-state index contributed by atoms with van der Waals surface area (Å²) < 4.78 is 38.1.